The van der Waals surface area contributed by atoms with Crippen LogP contribution in [0.1, 0.15) is 421 Å². The van der Waals surface area contributed by atoms with Gasteiger partial charge in [-0.25, -0.2) is 0 Å². The monoisotopic (exact) mass is 1250 g/mol. The summed E-state index contributed by atoms with van der Waals surface area (Å²) in [6, 6.07) is 14.5. The van der Waals surface area contributed by atoms with Gasteiger partial charge in [0.15, 0.2) is 0 Å². The van der Waals surface area contributed by atoms with Gasteiger partial charge in [-0.05, 0) is 103 Å². The first-order valence-corrected chi connectivity index (χ1v) is 37.5. The second kappa shape index (κ2) is 62.7. The van der Waals surface area contributed by atoms with Crippen molar-refractivity contribution in [1.82, 2.24) is 0 Å². The second-order valence-electron chi connectivity index (χ2n) is 26.1. The van der Waals surface area contributed by atoms with Gasteiger partial charge < -0.3 is 5.53 Å². The van der Waals surface area contributed by atoms with Gasteiger partial charge in [0, 0.05) is 44.4 Å². The molecule has 0 aliphatic rings. The molecular formula is C82H136N2Pd. The van der Waals surface area contributed by atoms with Gasteiger partial charge in [-0.3, -0.25) is 0 Å². The maximum Gasteiger partial charge on any atom is 0.299 e. The largest absolute Gasteiger partial charge is 0.348 e. The van der Waals surface area contributed by atoms with Crippen molar-refractivity contribution in [2.45, 2.75) is 401 Å². The molecule has 0 amide bonds. The fourth-order valence-electron chi connectivity index (χ4n) is 12.5. The Morgan fingerprint density at radius 1 is 0.329 bits per heavy atom. The van der Waals surface area contributed by atoms with E-state index in [9.17, 15) is 5.53 Å². The first kappa shape index (κ1) is 80.1. The number of hydrogen-bond donors (Lipinski definition) is 0. The number of allylic oxidation sites excluding steroid dienone is 2. The van der Waals surface area contributed by atoms with Gasteiger partial charge in [0.2, 0.25) is 0 Å². The minimum atomic E-state index is 0. The molecule has 0 N–H and O–H groups in total. The molecule has 2 rings (SSSR count). The molecule has 0 spiro atoms. The average Bonchev–Trinajstić information content (AvgIpc) is 2.59. The Labute approximate surface area is 544 Å². The minimum Gasteiger partial charge on any atom is -0.348 e. The Kier molecular flexibility index (Phi) is 59.1. The van der Waals surface area contributed by atoms with Crippen LogP contribution in [0.25, 0.3) is 11.1 Å². The van der Waals surface area contributed by atoms with E-state index in [2.05, 4.69) is 105 Å². The van der Waals surface area contributed by atoms with Crippen molar-refractivity contribution >= 4 is 11.4 Å². The SMILES string of the molecule is CCCCCCCCCCCCCCCCCCCCCC#Cc1cc(C#CCCCCCCCCCCCCCCCCCCCCC)cc(C(=C(C=C=[N+]=[N-])CCCCCCCC)c2cc(CCCCCC)cc(CCCCCC)c2)c1.[Pd]. The van der Waals surface area contributed by atoms with Gasteiger partial charge in [-0.15, -0.1) is 4.79 Å². The molecule has 2 aromatic rings. The third kappa shape index (κ3) is 47.8. The van der Waals surface area contributed by atoms with Crippen molar-refractivity contribution in [3.8, 4) is 23.7 Å². The van der Waals surface area contributed by atoms with Crippen molar-refractivity contribution in [2.24, 2.45) is 0 Å². The number of benzene rings is 2. The van der Waals surface area contributed by atoms with Crippen LogP contribution in [0.15, 0.2) is 48.0 Å². The smallest absolute Gasteiger partial charge is 0.299 e. The minimum absolute atomic E-state index is 0. The summed E-state index contributed by atoms with van der Waals surface area (Å²) in [5.41, 5.74) is 19.8. The van der Waals surface area contributed by atoms with Crippen LogP contribution in [-0.2, 0) is 33.3 Å². The van der Waals surface area contributed by atoms with Crippen LogP contribution in [0.3, 0.4) is 0 Å². The molecular weight excluding hydrogens is 1120 g/mol. The summed E-state index contributed by atoms with van der Waals surface area (Å²) in [7, 11) is 0. The molecule has 0 saturated carbocycles. The molecule has 0 unspecified atom stereocenters. The predicted octanol–water partition coefficient (Wildman–Crippen LogP) is 27.3. The van der Waals surface area contributed by atoms with Gasteiger partial charge in [-0.1, -0.05) is 378 Å². The third-order valence-corrected chi connectivity index (χ3v) is 17.9. The number of aryl methyl sites for hydroxylation is 2. The molecule has 0 bridgehead atoms. The van der Waals surface area contributed by atoms with Gasteiger partial charge in [0.1, 0.15) is 0 Å². The molecule has 484 valence electrons. The van der Waals surface area contributed by atoms with Crippen LogP contribution in [-0.4, -0.2) is 10.7 Å². The first-order valence-electron chi connectivity index (χ1n) is 37.5. The van der Waals surface area contributed by atoms with Gasteiger partial charge in [0.05, 0.1) is 6.08 Å². The summed E-state index contributed by atoms with van der Waals surface area (Å²) in [5, 5.41) is 0. The summed E-state index contributed by atoms with van der Waals surface area (Å²) >= 11 is 0. The Morgan fingerprint density at radius 2 is 0.600 bits per heavy atom. The molecule has 0 radical (unpaired) electrons. The van der Waals surface area contributed by atoms with E-state index in [1.807, 2.05) is 6.08 Å². The Balaban J connectivity index is 0.0000361. The second-order valence-corrected chi connectivity index (χ2v) is 26.1. The van der Waals surface area contributed by atoms with Crippen LogP contribution < -0.4 is 0 Å². The van der Waals surface area contributed by atoms with Gasteiger partial charge >= 0.3 is 0 Å². The molecule has 0 aromatic heterocycles. The van der Waals surface area contributed by atoms with E-state index in [0.717, 1.165) is 49.7 Å². The van der Waals surface area contributed by atoms with Crippen LogP contribution in [0.2, 0.25) is 0 Å². The first-order chi connectivity index (χ1) is 41.6. The third-order valence-electron chi connectivity index (χ3n) is 17.9. The van der Waals surface area contributed by atoms with E-state index >= 15 is 0 Å². The van der Waals surface area contributed by atoms with E-state index in [1.54, 1.807) is 0 Å². The number of nitrogens with zero attached hydrogens (tertiary/aromatic N) is 2. The van der Waals surface area contributed by atoms with Crippen LogP contribution in [0.4, 0.5) is 0 Å². The van der Waals surface area contributed by atoms with Crippen molar-refractivity contribution in [3.63, 3.8) is 0 Å². The Morgan fingerprint density at radius 3 is 0.906 bits per heavy atom. The standard InChI is InChI=1S/C82H136N2.Pd/c1-6-11-16-21-24-26-28-30-32-34-36-38-40-42-44-46-48-50-52-54-59-64-77-70-78(65-60-55-53-51-49-47-45-43-41-39-37-35-33-31-29-27-25-22-17-12-7-2)74-81(73-77)82(79(67-68-84-83)66-61-56-23-18-13-8-3)80-71-75(62-57-19-14-9-4)69-76(72-80)63-58-20-15-10-5;/h67,69-74H,6-58,61-63,66H2,1-5H3;. The van der Waals surface area contributed by atoms with Crippen LogP contribution in [0.5, 0.6) is 0 Å². The number of hydrogen-bond acceptors (Lipinski definition) is 0. The predicted molar refractivity (Wildman–Crippen MR) is 376 cm³/mol. The molecule has 0 atom stereocenters. The summed E-state index contributed by atoms with van der Waals surface area (Å²) in [4.78, 5) is 3.45. The van der Waals surface area contributed by atoms with Crippen LogP contribution >= 0.6 is 0 Å². The zero-order valence-corrected chi connectivity index (χ0v) is 58.6. The van der Waals surface area contributed by atoms with Gasteiger partial charge in [0.25, 0.3) is 5.87 Å². The molecule has 85 heavy (non-hydrogen) atoms. The molecule has 0 heterocycles. The van der Waals surface area contributed by atoms with Gasteiger partial charge in [-0.2, -0.15) is 0 Å². The summed E-state index contributed by atoms with van der Waals surface area (Å²) in [6.07, 6.45) is 77.6. The van der Waals surface area contributed by atoms with Crippen molar-refractivity contribution in [2.75, 3.05) is 0 Å². The zero-order valence-electron chi connectivity index (χ0n) is 57.1. The fraction of sp³-hybridized carbons (Fsp3) is 0.756. The van der Waals surface area contributed by atoms with Crippen molar-refractivity contribution < 1.29 is 25.2 Å². The zero-order chi connectivity index (χ0) is 60.1. The van der Waals surface area contributed by atoms with E-state index in [-0.39, 0.29) is 20.4 Å². The van der Waals surface area contributed by atoms with E-state index < -0.39 is 0 Å². The molecule has 2 aromatic carbocycles. The van der Waals surface area contributed by atoms with Crippen molar-refractivity contribution in [1.29, 1.82) is 0 Å². The molecule has 0 aliphatic carbocycles. The molecule has 2 nitrogen and oxygen atoms in total. The topological polar surface area (TPSA) is 36.4 Å². The Hall–Kier alpha value is -2.88. The van der Waals surface area contributed by atoms with E-state index in [0.29, 0.717) is 0 Å². The summed E-state index contributed by atoms with van der Waals surface area (Å²) < 4.78 is 0. The molecule has 0 aliphatic heterocycles. The summed E-state index contributed by atoms with van der Waals surface area (Å²) in [5.74, 6) is 17.6. The molecule has 0 fully saturated rings. The van der Waals surface area contributed by atoms with E-state index in [1.165, 1.54) is 361 Å². The molecule has 3 heteroatoms. The average molecular weight is 1260 g/mol. The van der Waals surface area contributed by atoms with Crippen LogP contribution in [0, 0.1) is 23.7 Å². The molecule has 0 saturated heterocycles. The normalized spacial score (nSPS) is 11.3. The number of rotatable bonds is 58. The number of unbranched alkanes of at least 4 members (excludes halogenated alkanes) is 49. The maximum absolute atomic E-state index is 9.88. The van der Waals surface area contributed by atoms with E-state index in [4.69, 9.17) is 0 Å². The Bertz CT molecular complexity index is 1970. The maximum atomic E-state index is 9.88. The summed E-state index contributed by atoms with van der Waals surface area (Å²) in [6.45, 7) is 11.5. The fourth-order valence-corrected chi connectivity index (χ4v) is 12.5. The quantitative estimate of drug-likeness (QED) is 0.0120. The van der Waals surface area contributed by atoms with Crippen molar-refractivity contribution in [3.05, 3.63) is 87.0 Å².